The van der Waals surface area contributed by atoms with E-state index >= 15 is 0 Å². The van der Waals surface area contributed by atoms with Crippen LogP contribution in [0.4, 0.5) is 5.69 Å². The quantitative estimate of drug-likeness (QED) is 0.222. The van der Waals surface area contributed by atoms with E-state index in [0.717, 1.165) is 21.6 Å². The third-order valence-electron chi connectivity index (χ3n) is 5.27. The Hall–Kier alpha value is -4.60. The van der Waals surface area contributed by atoms with Crippen molar-refractivity contribution in [2.75, 3.05) is 11.1 Å². The maximum Gasteiger partial charge on any atom is 0.272 e. The molecule has 4 aromatic carbocycles. The number of carbonyl (C=O) groups excluding carboxylic acids is 2. The first-order valence-electron chi connectivity index (χ1n) is 11.3. The van der Waals surface area contributed by atoms with Gasteiger partial charge in [0.15, 0.2) is 0 Å². The summed E-state index contributed by atoms with van der Waals surface area (Å²) >= 11 is 1.42. The number of thioether (sulfide) groups is 1. The fourth-order valence-electron chi connectivity index (χ4n) is 3.46. The Morgan fingerprint density at radius 2 is 1.39 bits per heavy atom. The molecule has 0 aliphatic rings. The number of nitriles is 1. The van der Waals surface area contributed by atoms with Gasteiger partial charge in [0, 0.05) is 16.1 Å². The van der Waals surface area contributed by atoms with E-state index in [-0.39, 0.29) is 11.6 Å². The van der Waals surface area contributed by atoms with Crippen LogP contribution in [0, 0.1) is 11.3 Å². The highest BCUT2D eigenvalue weighted by Crippen LogP contribution is 2.22. The van der Waals surface area contributed by atoms with Crippen LogP contribution in [-0.2, 0) is 4.79 Å². The molecule has 0 fully saturated rings. The zero-order valence-electron chi connectivity index (χ0n) is 19.3. The molecule has 0 heterocycles. The standard InChI is InChI=1S/C30H23N3O2S/c31-19-20-36-27-17-15-26(16-18-27)32-30(35)28(33-29(34)25-9-5-2-6-10-25)21-22-11-13-24(14-12-22)23-7-3-1-4-8-23/h1-18,21H,20H2,(H,32,35)(H,33,34)/b28-21-. The molecule has 2 N–H and O–H groups in total. The third kappa shape index (κ3) is 6.72. The van der Waals surface area contributed by atoms with Gasteiger partial charge in [-0.05, 0) is 59.2 Å². The number of hydrogen-bond donors (Lipinski definition) is 2. The molecule has 4 rings (SSSR count). The van der Waals surface area contributed by atoms with Gasteiger partial charge in [-0.25, -0.2) is 0 Å². The molecule has 2 amide bonds. The van der Waals surface area contributed by atoms with Gasteiger partial charge in [-0.3, -0.25) is 9.59 Å². The largest absolute Gasteiger partial charge is 0.321 e. The number of nitrogens with one attached hydrogen (secondary N) is 2. The second-order valence-electron chi connectivity index (χ2n) is 7.79. The zero-order chi connectivity index (χ0) is 25.2. The van der Waals surface area contributed by atoms with Crippen molar-refractivity contribution in [2.45, 2.75) is 4.90 Å². The molecule has 4 aromatic rings. The molecule has 0 radical (unpaired) electrons. The highest BCUT2D eigenvalue weighted by atomic mass is 32.2. The van der Waals surface area contributed by atoms with Crippen LogP contribution < -0.4 is 10.6 Å². The second kappa shape index (κ2) is 12.2. The van der Waals surface area contributed by atoms with Crippen molar-refractivity contribution in [2.24, 2.45) is 0 Å². The summed E-state index contributed by atoms with van der Waals surface area (Å²) in [5.74, 6) is -0.460. The van der Waals surface area contributed by atoms with Crippen LogP contribution in [0.1, 0.15) is 15.9 Å². The van der Waals surface area contributed by atoms with Crippen LogP contribution in [0.5, 0.6) is 0 Å². The van der Waals surface area contributed by atoms with Crippen molar-refractivity contribution in [1.29, 1.82) is 5.26 Å². The number of benzene rings is 4. The Balaban J connectivity index is 1.57. The molecule has 0 unspecified atom stereocenters. The lowest BCUT2D eigenvalue weighted by molar-refractivity contribution is -0.113. The molecule has 0 aliphatic heterocycles. The number of amides is 2. The molecule has 0 saturated carbocycles. The van der Waals surface area contributed by atoms with Gasteiger partial charge in [-0.15, -0.1) is 11.8 Å². The summed E-state index contributed by atoms with van der Waals surface area (Å²) in [6, 6.07) is 35.8. The Bertz CT molecular complexity index is 1390. The summed E-state index contributed by atoms with van der Waals surface area (Å²) in [6.45, 7) is 0. The molecule has 5 nitrogen and oxygen atoms in total. The van der Waals surface area contributed by atoms with E-state index in [0.29, 0.717) is 17.0 Å². The topological polar surface area (TPSA) is 82.0 Å². The average molecular weight is 490 g/mol. The third-order valence-corrected chi connectivity index (χ3v) is 6.15. The van der Waals surface area contributed by atoms with Gasteiger partial charge < -0.3 is 10.6 Å². The summed E-state index contributed by atoms with van der Waals surface area (Å²) < 4.78 is 0. The fraction of sp³-hybridized carbons (Fsp3) is 0.0333. The van der Waals surface area contributed by atoms with Gasteiger partial charge in [-0.2, -0.15) is 5.26 Å². The summed E-state index contributed by atoms with van der Waals surface area (Å²) in [6.07, 6.45) is 1.65. The fourth-order valence-corrected chi connectivity index (χ4v) is 4.02. The predicted molar refractivity (Wildman–Crippen MR) is 145 cm³/mol. The summed E-state index contributed by atoms with van der Waals surface area (Å²) in [4.78, 5) is 26.9. The van der Waals surface area contributed by atoms with E-state index in [4.69, 9.17) is 5.26 Å². The van der Waals surface area contributed by atoms with Crippen LogP contribution in [0.25, 0.3) is 17.2 Å². The predicted octanol–water partition coefficient (Wildman–Crippen LogP) is 6.38. The first-order valence-corrected chi connectivity index (χ1v) is 12.3. The van der Waals surface area contributed by atoms with Crippen molar-refractivity contribution >= 4 is 35.3 Å². The number of hydrogen-bond acceptors (Lipinski definition) is 4. The Morgan fingerprint density at radius 3 is 2.03 bits per heavy atom. The first-order chi connectivity index (χ1) is 17.6. The van der Waals surface area contributed by atoms with Crippen LogP contribution in [0.3, 0.4) is 0 Å². The molecule has 0 aliphatic carbocycles. The van der Waals surface area contributed by atoms with Crippen LogP contribution in [-0.4, -0.2) is 17.6 Å². The maximum atomic E-state index is 13.2. The highest BCUT2D eigenvalue weighted by molar-refractivity contribution is 7.99. The molecule has 0 spiro atoms. The molecule has 0 aromatic heterocycles. The lowest BCUT2D eigenvalue weighted by Crippen LogP contribution is -2.30. The van der Waals surface area contributed by atoms with E-state index in [1.807, 2.05) is 72.8 Å². The Kier molecular flexibility index (Phi) is 8.31. The van der Waals surface area contributed by atoms with Gasteiger partial charge in [0.1, 0.15) is 5.70 Å². The van der Waals surface area contributed by atoms with Crippen LogP contribution in [0.15, 0.2) is 120 Å². The summed E-state index contributed by atoms with van der Waals surface area (Å²) in [5.41, 5.74) is 4.09. The molecule has 36 heavy (non-hydrogen) atoms. The smallest absolute Gasteiger partial charge is 0.272 e. The lowest BCUT2D eigenvalue weighted by Gasteiger charge is -2.12. The van der Waals surface area contributed by atoms with E-state index in [9.17, 15) is 9.59 Å². The summed E-state index contributed by atoms with van der Waals surface area (Å²) in [7, 11) is 0. The maximum absolute atomic E-state index is 13.2. The normalized spacial score (nSPS) is 10.8. The first kappa shape index (κ1) is 24.5. The van der Waals surface area contributed by atoms with Gasteiger partial charge in [0.05, 0.1) is 11.8 Å². The number of carbonyl (C=O) groups is 2. The molecule has 6 heteroatoms. The number of nitrogens with zero attached hydrogens (tertiary/aromatic N) is 1. The lowest BCUT2D eigenvalue weighted by atomic mass is 10.0. The Morgan fingerprint density at radius 1 is 0.778 bits per heavy atom. The van der Waals surface area contributed by atoms with E-state index in [1.165, 1.54) is 11.8 Å². The van der Waals surface area contributed by atoms with Crippen LogP contribution >= 0.6 is 11.8 Å². The number of rotatable bonds is 8. The average Bonchev–Trinajstić information content (AvgIpc) is 2.93. The molecular weight excluding hydrogens is 466 g/mol. The monoisotopic (exact) mass is 489 g/mol. The Labute approximate surface area is 214 Å². The van der Waals surface area contributed by atoms with E-state index in [1.54, 1.807) is 42.5 Å². The molecule has 0 saturated heterocycles. The molecular formula is C30H23N3O2S. The minimum Gasteiger partial charge on any atom is -0.321 e. The second-order valence-corrected chi connectivity index (χ2v) is 8.84. The van der Waals surface area contributed by atoms with E-state index in [2.05, 4.69) is 16.7 Å². The summed E-state index contributed by atoms with van der Waals surface area (Å²) in [5, 5.41) is 14.3. The molecule has 0 bridgehead atoms. The minimum absolute atomic E-state index is 0.124. The van der Waals surface area contributed by atoms with Crippen molar-refractivity contribution in [3.63, 3.8) is 0 Å². The highest BCUT2D eigenvalue weighted by Gasteiger charge is 2.15. The van der Waals surface area contributed by atoms with Crippen molar-refractivity contribution in [3.8, 4) is 17.2 Å². The van der Waals surface area contributed by atoms with Crippen molar-refractivity contribution in [1.82, 2.24) is 5.32 Å². The SMILES string of the molecule is N#CCSc1ccc(NC(=O)/C(=C/c2ccc(-c3ccccc3)cc2)NC(=O)c2ccccc2)cc1. The molecule has 176 valence electrons. The van der Waals surface area contributed by atoms with Gasteiger partial charge >= 0.3 is 0 Å². The van der Waals surface area contributed by atoms with Gasteiger partial charge in [-0.1, -0.05) is 72.8 Å². The zero-order valence-corrected chi connectivity index (χ0v) is 20.2. The van der Waals surface area contributed by atoms with Gasteiger partial charge in [0.25, 0.3) is 11.8 Å². The molecule has 0 atom stereocenters. The van der Waals surface area contributed by atoms with E-state index < -0.39 is 5.91 Å². The minimum atomic E-state index is -0.441. The van der Waals surface area contributed by atoms with Crippen molar-refractivity contribution < 1.29 is 9.59 Å². The van der Waals surface area contributed by atoms with Gasteiger partial charge in [0.2, 0.25) is 0 Å². The van der Waals surface area contributed by atoms with Crippen LogP contribution in [0.2, 0.25) is 0 Å². The van der Waals surface area contributed by atoms with Crippen molar-refractivity contribution in [3.05, 3.63) is 126 Å². The number of anilines is 1.